The van der Waals surface area contributed by atoms with Crippen molar-refractivity contribution in [1.29, 1.82) is 0 Å². The van der Waals surface area contributed by atoms with Gasteiger partial charge in [-0.25, -0.2) is 0 Å². The Bertz CT molecular complexity index is 851. The Morgan fingerprint density at radius 2 is 2.04 bits per heavy atom. The summed E-state index contributed by atoms with van der Waals surface area (Å²) < 4.78 is 6.66. The number of halogens is 1. The van der Waals surface area contributed by atoms with Crippen LogP contribution in [0.15, 0.2) is 65.3 Å². The van der Waals surface area contributed by atoms with Crippen molar-refractivity contribution in [3.63, 3.8) is 0 Å². The van der Waals surface area contributed by atoms with Gasteiger partial charge in [-0.1, -0.05) is 34.1 Å². The normalized spacial score (nSPS) is 10.5. The van der Waals surface area contributed by atoms with Gasteiger partial charge in [-0.2, -0.15) is 0 Å². The molecule has 1 aromatic heterocycles. The number of benzene rings is 2. The Labute approximate surface area is 149 Å². The first-order valence-corrected chi connectivity index (χ1v) is 8.49. The lowest BCUT2D eigenvalue weighted by Crippen LogP contribution is -2.29. The Balaban J connectivity index is 1.45. The summed E-state index contributed by atoms with van der Waals surface area (Å²) in [5.74, 6) is 0.760. The first kappa shape index (κ1) is 16.5. The number of pyridine rings is 1. The molecule has 122 valence electrons. The molecule has 2 aromatic carbocycles. The minimum atomic E-state index is -0.0144. The highest BCUT2D eigenvalue weighted by Crippen LogP contribution is 2.18. The molecule has 0 radical (unpaired) electrons. The fourth-order valence-corrected chi connectivity index (χ4v) is 2.84. The second-order valence-electron chi connectivity index (χ2n) is 5.36. The van der Waals surface area contributed by atoms with E-state index in [9.17, 15) is 4.79 Å². The largest absolute Gasteiger partial charge is 0.492 e. The molecule has 0 aliphatic carbocycles. The number of nitrogens with one attached hydrogen (secondary N) is 1. The van der Waals surface area contributed by atoms with Crippen LogP contribution in [0.5, 0.6) is 5.75 Å². The van der Waals surface area contributed by atoms with Gasteiger partial charge >= 0.3 is 0 Å². The van der Waals surface area contributed by atoms with Crippen molar-refractivity contribution in [3.05, 3.63) is 70.8 Å². The molecule has 0 bridgehead atoms. The molecule has 0 saturated heterocycles. The molecule has 24 heavy (non-hydrogen) atoms. The minimum absolute atomic E-state index is 0.0144. The van der Waals surface area contributed by atoms with Gasteiger partial charge in [0.05, 0.1) is 18.5 Å². The smallest absolute Gasteiger partial charge is 0.224 e. The fraction of sp³-hybridized carbons (Fsp3) is 0.158. The van der Waals surface area contributed by atoms with Crippen molar-refractivity contribution in [1.82, 2.24) is 10.3 Å². The molecule has 1 heterocycles. The van der Waals surface area contributed by atoms with Gasteiger partial charge in [0.25, 0.3) is 0 Å². The number of amides is 1. The monoisotopic (exact) mass is 384 g/mol. The first-order valence-electron chi connectivity index (χ1n) is 7.69. The van der Waals surface area contributed by atoms with Gasteiger partial charge < -0.3 is 10.1 Å². The average Bonchev–Trinajstić information content (AvgIpc) is 2.58. The molecule has 0 aliphatic rings. The fourth-order valence-electron chi connectivity index (χ4n) is 2.40. The van der Waals surface area contributed by atoms with Crippen LogP contribution in [0.2, 0.25) is 0 Å². The van der Waals surface area contributed by atoms with Crippen LogP contribution in [0.3, 0.4) is 0 Å². The lowest BCUT2D eigenvalue weighted by molar-refractivity contribution is -0.120. The Hall–Kier alpha value is -2.40. The summed E-state index contributed by atoms with van der Waals surface area (Å²) in [6, 6.07) is 17.4. The molecule has 0 fully saturated rings. The van der Waals surface area contributed by atoms with Gasteiger partial charge in [0.1, 0.15) is 12.4 Å². The number of aromatic nitrogens is 1. The molecule has 0 unspecified atom stereocenters. The first-order chi connectivity index (χ1) is 11.7. The Morgan fingerprint density at radius 1 is 1.12 bits per heavy atom. The second-order valence-corrected chi connectivity index (χ2v) is 6.28. The van der Waals surface area contributed by atoms with E-state index in [4.69, 9.17) is 4.74 Å². The van der Waals surface area contributed by atoms with Crippen LogP contribution in [-0.2, 0) is 11.2 Å². The second kappa shape index (κ2) is 7.93. The average molecular weight is 385 g/mol. The van der Waals surface area contributed by atoms with Crippen LogP contribution < -0.4 is 10.1 Å². The van der Waals surface area contributed by atoms with E-state index >= 15 is 0 Å². The van der Waals surface area contributed by atoms with Crippen LogP contribution in [0.25, 0.3) is 10.9 Å². The third kappa shape index (κ3) is 4.55. The van der Waals surface area contributed by atoms with Crippen molar-refractivity contribution < 1.29 is 9.53 Å². The summed E-state index contributed by atoms with van der Waals surface area (Å²) in [5.41, 5.74) is 1.91. The molecule has 0 aliphatic heterocycles. The van der Waals surface area contributed by atoms with Gasteiger partial charge in [0.2, 0.25) is 5.91 Å². The molecule has 3 aromatic rings. The molecule has 1 N–H and O–H groups in total. The quantitative estimate of drug-likeness (QED) is 0.658. The molecular formula is C19H17BrN2O2. The Morgan fingerprint density at radius 3 is 2.92 bits per heavy atom. The maximum Gasteiger partial charge on any atom is 0.224 e. The Kier molecular flexibility index (Phi) is 5.43. The van der Waals surface area contributed by atoms with Crippen molar-refractivity contribution in [2.24, 2.45) is 0 Å². The van der Waals surface area contributed by atoms with E-state index < -0.39 is 0 Å². The van der Waals surface area contributed by atoms with Crippen molar-refractivity contribution in [2.45, 2.75) is 6.42 Å². The number of nitrogens with zero attached hydrogens (tertiary/aromatic N) is 1. The number of fused-ring (bicyclic) bond motifs is 1. The maximum absolute atomic E-state index is 11.9. The van der Waals surface area contributed by atoms with Crippen molar-refractivity contribution >= 4 is 32.7 Å². The topological polar surface area (TPSA) is 51.2 Å². The lowest BCUT2D eigenvalue weighted by atomic mass is 10.1. The molecule has 5 heteroatoms. The summed E-state index contributed by atoms with van der Waals surface area (Å²) in [4.78, 5) is 16.2. The van der Waals surface area contributed by atoms with E-state index in [1.54, 1.807) is 6.20 Å². The highest BCUT2D eigenvalue weighted by molar-refractivity contribution is 9.10. The van der Waals surface area contributed by atoms with E-state index in [2.05, 4.69) is 26.2 Å². The van der Waals surface area contributed by atoms with Gasteiger partial charge in [0.15, 0.2) is 0 Å². The minimum Gasteiger partial charge on any atom is -0.492 e. The zero-order valence-corrected chi connectivity index (χ0v) is 14.6. The molecule has 1 amide bonds. The highest BCUT2D eigenvalue weighted by atomic mass is 79.9. The molecular weight excluding hydrogens is 368 g/mol. The standard InChI is InChI=1S/C19H17BrN2O2/c20-16-5-1-3-14(11-16)12-19(23)22-9-10-24-17-6-7-18-15(13-17)4-2-8-21-18/h1-8,11,13H,9-10,12H2,(H,22,23). The van der Waals surface area contributed by atoms with Gasteiger partial charge in [-0.3, -0.25) is 9.78 Å². The molecule has 4 nitrogen and oxygen atoms in total. The van der Waals surface area contributed by atoms with E-state index in [-0.39, 0.29) is 5.91 Å². The van der Waals surface area contributed by atoms with Crippen LogP contribution in [0.1, 0.15) is 5.56 Å². The number of hydrogen-bond donors (Lipinski definition) is 1. The van der Waals surface area contributed by atoms with E-state index in [0.717, 1.165) is 26.7 Å². The zero-order valence-electron chi connectivity index (χ0n) is 13.0. The van der Waals surface area contributed by atoms with Crippen LogP contribution in [0, 0.1) is 0 Å². The molecule has 0 atom stereocenters. The van der Waals surface area contributed by atoms with Crippen molar-refractivity contribution in [2.75, 3.05) is 13.2 Å². The summed E-state index contributed by atoms with van der Waals surface area (Å²) in [7, 11) is 0. The van der Waals surface area contributed by atoms with Crippen molar-refractivity contribution in [3.8, 4) is 5.75 Å². The number of rotatable bonds is 6. The van der Waals surface area contributed by atoms with Gasteiger partial charge in [-0.05, 0) is 42.0 Å². The molecule has 3 rings (SSSR count). The number of carbonyl (C=O) groups excluding carboxylic acids is 1. The number of carbonyl (C=O) groups is 1. The summed E-state index contributed by atoms with van der Waals surface area (Å²) in [5, 5.41) is 3.90. The lowest BCUT2D eigenvalue weighted by Gasteiger charge is -2.09. The third-order valence-corrected chi connectivity index (χ3v) is 4.01. The summed E-state index contributed by atoms with van der Waals surface area (Å²) in [6.07, 6.45) is 2.13. The predicted molar refractivity (Wildman–Crippen MR) is 98.1 cm³/mol. The number of hydrogen-bond acceptors (Lipinski definition) is 3. The molecule has 0 spiro atoms. The van der Waals surface area contributed by atoms with Crippen LogP contribution in [0.4, 0.5) is 0 Å². The predicted octanol–water partition coefficient (Wildman–Crippen LogP) is 3.74. The maximum atomic E-state index is 11.9. The van der Waals surface area contributed by atoms with Crippen LogP contribution in [-0.4, -0.2) is 24.0 Å². The highest BCUT2D eigenvalue weighted by Gasteiger charge is 2.04. The van der Waals surface area contributed by atoms with E-state index in [1.807, 2.05) is 54.6 Å². The zero-order chi connectivity index (χ0) is 16.8. The number of ether oxygens (including phenoxy) is 1. The van der Waals surface area contributed by atoms with Gasteiger partial charge in [-0.15, -0.1) is 0 Å². The van der Waals surface area contributed by atoms with E-state index in [1.165, 1.54) is 0 Å². The van der Waals surface area contributed by atoms with E-state index in [0.29, 0.717) is 19.6 Å². The SMILES string of the molecule is O=C(Cc1cccc(Br)c1)NCCOc1ccc2ncccc2c1. The summed E-state index contributed by atoms with van der Waals surface area (Å²) in [6.45, 7) is 0.897. The summed E-state index contributed by atoms with van der Waals surface area (Å²) >= 11 is 3.40. The van der Waals surface area contributed by atoms with Gasteiger partial charge in [0, 0.05) is 16.1 Å². The third-order valence-electron chi connectivity index (χ3n) is 3.52. The molecule has 0 saturated carbocycles. The van der Waals surface area contributed by atoms with Crippen LogP contribution >= 0.6 is 15.9 Å².